The van der Waals surface area contributed by atoms with Crippen LogP contribution in [-0.2, 0) is 4.74 Å². The van der Waals surface area contributed by atoms with E-state index in [9.17, 15) is 4.79 Å². The van der Waals surface area contributed by atoms with Crippen molar-refractivity contribution in [2.45, 2.75) is 13.8 Å². The Morgan fingerprint density at radius 2 is 1.75 bits per heavy atom. The van der Waals surface area contributed by atoms with Gasteiger partial charge in [0.1, 0.15) is 0 Å². The van der Waals surface area contributed by atoms with E-state index >= 15 is 0 Å². The second-order valence-corrected chi connectivity index (χ2v) is 4.74. The van der Waals surface area contributed by atoms with Crippen molar-refractivity contribution in [2.24, 2.45) is 0 Å². The van der Waals surface area contributed by atoms with Crippen LogP contribution in [0.4, 0.5) is 17.1 Å². The minimum absolute atomic E-state index is 0.377. The van der Waals surface area contributed by atoms with Crippen LogP contribution < -0.4 is 11.1 Å². The van der Waals surface area contributed by atoms with E-state index in [1.807, 2.05) is 44.2 Å². The average Bonchev–Trinajstić information content (AvgIpc) is 2.44. The summed E-state index contributed by atoms with van der Waals surface area (Å²) in [5, 5.41) is 3.26. The zero-order chi connectivity index (χ0) is 14.7. The molecule has 0 radical (unpaired) electrons. The molecule has 0 bridgehead atoms. The Labute approximate surface area is 118 Å². The maximum absolute atomic E-state index is 11.7. The Morgan fingerprint density at radius 1 is 1.10 bits per heavy atom. The number of ether oxygens (including phenoxy) is 1. The van der Waals surface area contributed by atoms with Crippen LogP contribution in [-0.4, -0.2) is 13.1 Å². The lowest BCUT2D eigenvalue weighted by Gasteiger charge is -2.12. The van der Waals surface area contributed by atoms with Crippen LogP contribution >= 0.6 is 0 Å². The number of esters is 1. The van der Waals surface area contributed by atoms with E-state index in [1.165, 1.54) is 12.7 Å². The van der Waals surface area contributed by atoms with Crippen LogP contribution in [0.25, 0.3) is 0 Å². The van der Waals surface area contributed by atoms with Crippen molar-refractivity contribution in [3.63, 3.8) is 0 Å². The Morgan fingerprint density at radius 3 is 2.35 bits per heavy atom. The monoisotopic (exact) mass is 270 g/mol. The van der Waals surface area contributed by atoms with Crippen molar-refractivity contribution in [2.75, 3.05) is 18.2 Å². The van der Waals surface area contributed by atoms with Gasteiger partial charge in [-0.2, -0.15) is 0 Å². The fraction of sp³-hybridized carbons (Fsp3) is 0.188. The molecule has 2 aromatic rings. The molecule has 20 heavy (non-hydrogen) atoms. The van der Waals surface area contributed by atoms with Crippen LogP contribution in [0.15, 0.2) is 36.4 Å². The highest BCUT2D eigenvalue weighted by atomic mass is 16.5. The van der Waals surface area contributed by atoms with Crippen LogP contribution in [0.5, 0.6) is 0 Å². The normalized spacial score (nSPS) is 10.2. The molecule has 2 rings (SSSR count). The first-order valence-electron chi connectivity index (χ1n) is 6.33. The number of nitrogens with one attached hydrogen (secondary N) is 1. The van der Waals surface area contributed by atoms with E-state index in [2.05, 4.69) is 5.32 Å². The SMILES string of the molecule is COC(=O)c1cc(Nc2ccc(C)cc2)cc(C)c1N. The van der Waals surface area contributed by atoms with E-state index in [1.54, 1.807) is 6.07 Å². The number of methoxy groups -OCH3 is 1. The van der Waals surface area contributed by atoms with Gasteiger partial charge in [-0.15, -0.1) is 0 Å². The lowest BCUT2D eigenvalue weighted by molar-refractivity contribution is 0.0602. The Kier molecular flexibility index (Phi) is 3.94. The summed E-state index contributed by atoms with van der Waals surface area (Å²) in [6, 6.07) is 11.6. The molecule has 0 unspecified atom stereocenters. The summed E-state index contributed by atoms with van der Waals surface area (Å²) in [7, 11) is 1.34. The van der Waals surface area contributed by atoms with Crippen molar-refractivity contribution in [3.8, 4) is 0 Å². The molecule has 0 saturated heterocycles. The molecule has 4 heteroatoms. The van der Waals surface area contributed by atoms with Gasteiger partial charge in [-0.3, -0.25) is 0 Å². The highest BCUT2D eigenvalue weighted by Crippen LogP contribution is 2.26. The number of benzene rings is 2. The largest absolute Gasteiger partial charge is 0.465 e. The molecular formula is C16H18N2O2. The minimum atomic E-state index is -0.432. The van der Waals surface area contributed by atoms with E-state index in [-0.39, 0.29) is 0 Å². The summed E-state index contributed by atoms with van der Waals surface area (Å²) in [5.74, 6) is -0.432. The van der Waals surface area contributed by atoms with Crippen molar-refractivity contribution in [1.82, 2.24) is 0 Å². The topological polar surface area (TPSA) is 64.3 Å². The number of aryl methyl sites for hydroxylation is 2. The Hall–Kier alpha value is -2.49. The average molecular weight is 270 g/mol. The molecular weight excluding hydrogens is 252 g/mol. The smallest absolute Gasteiger partial charge is 0.340 e. The Balaban J connectivity index is 2.35. The quantitative estimate of drug-likeness (QED) is 0.662. The molecule has 0 atom stereocenters. The van der Waals surface area contributed by atoms with E-state index in [0.29, 0.717) is 11.3 Å². The van der Waals surface area contributed by atoms with Crippen molar-refractivity contribution >= 4 is 23.0 Å². The number of hydrogen-bond donors (Lipinski definition) is 2. The molecule has 0 aliphatic rings. The number of nitrogens with two attached hydrogens (primary N) is 1. The fourth-order valence-electron chi connectivity index (χ4n) is 1.95. The van der Waals surface area contributed by atoms with Gasteiger partial charge in [0.2, 0.25) is 0 Å². The highest BCUT2D eigenvalue weighted by Gasteiger charge is 2.13. The maximum atomic E-state index is 11.7. The molecule has 104 valence electrons. The summed E-state index contributed by atoms with van der Waals surface area (Å²) in [5.41, 5.74) is 10.5. The van der Waals surface area contributed by atoms with Crippen LogP contribution in [0.1, 0.15) is 21.5 Å². The highest BCUT2D eigenvalue weighted by molar-refractivity contribution is 5.97. The Bertz CT molecular complexity index is 634. The predicted molar refractivity (Wildman–Crippen MR) is 81.4 cm³/mol. The lowest BCUT2D eigenvalue weighted by atomic mass is 10.1. The standard InChI is InChI=1S/C16H18N2O2/c1-10-4-6-12(7-5-10)18-13-8-11(2)15(17)14(9-13)16(19)20-3/h4-9,18H,17H2,1-3H3. The number of rotatable bonds is 3. The van der Waals surface area contributed by atoms with Crippen molar-refractivity contribution < 1.29 is 9.53 Å². The minimum Gasteiger partial charge on any atom is -0.465 e. The van der Waals surface area contributed by atoms with Gasteiger partial charge < -0.3 is 15.8 Å². The number of anilines is 3. The first kappa shape index (κ1) is 13.9. The molecule has 2 aromatic carbocycles. The fourth-order valence-corrected chi connectivity index (χ4v) is 1.95. The van der Waals surface area contributed by atoms with Crippen molar-refractivity contribution in [3.05, 3.63) is 53.1 Å². The van der Waals surface area contributed by atoms with Crippen molar-refractivity contribution in [1.29, 1.82) is 0 Å². The summed E-state index contributed by atoms with van der Waals surface area (Å²) >= 11 is 0. The predicted octanol–water partition coefficient (Wildman–Crippen LogP) is 3.42. The van der Waals surface area contributed by atoms with Gasteiger partial charge in [-0.1, -0.05) is 17.7 Å². The van der Waals surface area contributed by atoms with Crippen LogP contribution in [0, 0.1) is 13.8 Å². The van der Waals surface area contributed by atoms with Crippen LogP contribution in [0.3, 0.4) is 0 Å². The molecule has 0 amide bonds. The van der Waals surface area contributed by atoms with Gasteiger partial charge in [0.25, 0.3) is 0 Å². The maximum Gasteiger partial charge on any atom is 0.340 e. The molecule has 0 heterocycles. The third kappa shape index (κ3) is 2.91. The zero-order valence-corrected chi connectivity index (χ0v) is 11.9. The lowest BCUT2D eigenvalue weighted by Crippen LogP contribution is -2.08. The number of nitrogen functional groups attached to an aromatic ring is 1. The zero-order valence-electron chi connectivity index (χ0n) is 11.9. The van der Waals surface area contributed by atoms with Crippen LogP contribution in [0.2, 0.25) is 0 Å². The molecule has 0 aliphatic heterocycles. The molecule has 0 spiro atoms. The number of hydrogen-bond acceptors (Lipinski definition) is 4. The molecule has 0 fully saturated rings. The number of carbonyl (C=O) groups is 1. The van der Waals surface area contributed by atoms with E-state index in [0.717, 1.165) is 16.9 Å². The van der Waals surface area contributed by atoms with Gasteiger partial charge >= 0.3 is 5.97 Å². The summed E-state index contributed by atoms with van der Waals surface area (Å²) in [4.78, 5) is 11.7. The second kappa shape index (κ2) is 5.65. The second-order valence-electron chi connectivity index (χ2n) is 4.74. The third-order valence-corrected chi connectivity index (χ3v) is 3.13. The molecule has 4 nitrogen and oxygen atoms in total. The molecule has 0 aliphatic carbocycles. The first-order chi connectivity index (χ1) is 9.51. The van der Waals surface area contributed by atoms with Gasteiger partial charge in [-0.25, -0.2) is 4.79 Å². The molecule has 0 saturated carbocycles. The molecule has 0 aromatic heterocycles. The summed E-state index contributed by atoms with van der Waals surface area (Å²) < 4.78 is 4.75. The summed E-state index contributed by atoms with van der Waals surface area (Å²) in [6.45, 7) is 3.90. The van der Waals surface area contributed by atoms with E-state index < -0.39 is 5.97 Å². The third-order valence-electron chi connectivity index (χ3n) is 3.13. The first-order valence-corrected chi connectivity index (χ1v) is 6.33. The van der Waals surface area contributed by atoms with Gasteiger partial charge in [0, 0.05) is 17.1 Å². The van der Waals surface area contributed by atoms with Gasteiger partial charge in [0.05, 0.1) is 12.7 Å². The van der Waals surface area contributed by atoms with Gasteiger partial charge in [0.15, 0.2) is 0 Å². The number of carbonyl (C=O) groups excluding carboxylic acids is 1. The van der Waals surface area contributed by atoms with Gasteiger partial charge in [-0.05, 0) is 43.7 Å². The summed E-state index contributed by atoms with van der Waals surface area (Å²) in [6.07, 6.45) is 0. The molecule has 3 N–H and O–H groups in total. The van der Waals surface area contributed by atoms with E-state index in [4.69, 9.17) is 10.5 Å².